The number of hydrogen-bond donors (Lipinski definition) is 2. The van der Waals surface area contributed by atoms with Crippen molar-refractivity contribution in [3.05, 3.63) is 33.3 Å². The van der Waals surface area contributed by atoms with Gasteiger partial charge in [-0.15, -0.1) is 0 Å². The molecule has 2 rings (SSSR count). The van der Waals surface area contributed by atoms with Crippen LogP contribution in [0.1, 0.15) is 12.8 Å². The van der Waals surface area contributed by atoms with E-state index in [4.69, 9.17) is 17.3 Å². The lowest BCUT2D eigenvalue weighted by Crippen LogP contribution is -2.44. The second-order valence-electron chi connectivity index (χ2n) is 4.00. The predicted molar refractivity (Wildman–Crippen MR) is 62.7 cm³/mol. The van der Waals surface area contributed by atoms with Gasteiger partial charge in [0.2, 0.25) is 0 Å². The van der Waals surface area contributed by atoms with Crippen LogP contribution in [0, 0.1) is 10.1 Å². The molecule has 0 amide bonds. The molecular formula is C10H12ClN3O2. The number of benzene rings is 1. The number of nitro groups is 1. The molecule has 0 bridgehead atoms. The molecule has 0 heterocycles. The molecule has 16 heavy (non-hydrogen) atoms. The molecule has 1 saturated carbocycles. The zero-order chi connectivity index (χ0) is 11.7. The minimum Gasteiger partial charge on any atom is -0.382 e. The van der Waals surface area contributed by atoms with Crippen molar-refractivity contribution in [3.8, 4) is 0 Å². The summed E-state index contributed by atoms with van der Waals surface area (Å²) in [6, 6.07) is 5.28. The van der Waals surface area contributed by atoms with Gasteiger partial charge in [0.25, 0.3) is 5.69 Å². The topological polar surface area (TPSA) is 81.2 Å². The van der Waals surface area contributed by atoms with Crippen LogP contribution in [-0.2, 0) is 0 Å². The number of nitrogens with two attached hydrogens (primary N) is 1. The molecule has 1 aliphatic rings. The molecule has 0 atom stereocenters. The first-order valence-corrected chi connectivity index (χ1v) is 5.40. The third-order valence-electron chi connectivity index (χ3n) is 2.69. The molecule has 0 saturated heterocycles. The van der Waals surface area contributed by atoms with Gasteiger partial charge in [0, 0.05) is 23.8 Å². The summed E-state index contributed by atoms with van der Waals surface area (Å²) in [5.41, 5.74) is 6.30. The minimum absolute atomic E-state index is 0.0738. The van der Waals surface area contributed by atoms with Gasteiger partial charge in [0.1, 0.15) is 5.02 Å². The van der Waals surface area contributed by atoms with E-state index in [-0.39, 0.29) is 16.8 Å². The molecule has 6 heteroatoms. The summed E-state index contributed by atoms with van der Waals surface area (Å²) in [6.07, 6.45) is 1.80. The Morgan fingerprint density at radius 1 is 1.50 bits per heavy atom. The van der Waals surface area contributed by atoms with E-state index in [0.717, 1.165) is 12.8 Å². The maximum absolute atomic E-state index is 10.7. The summed E-state index contributed by atoms with van der Waals surface area (Å²) in [4.78, 5) is 10.2. The van der Waals surface area contributed by atoms with Crippen LogP contribution in [0.5, 0.6) is 0 Å². The summed E-state index contributed by atoms with van der Waals surface area (Å²) in [5.74, 6) is 0. The quantitative estimate of drug-likeness (QED) is 0.628. The van der Waals surface area contributed by atoms with Crippen LogP contribution in [-0.4, -0.2) is 17.0 Å². The Morgan fingerprint density at radius 3 is 2.75 bits per heavy atom. The SMILES string of the molecule is NC1CC(Nc2ccc(Cl)c([N+](=O)[O-])c2)C1. The van der Waals surface area contributed by atoms with Crippen LogP contribution in [0.2, 0.25) is 5.02 Å². The highest BCUT2D eigenvalue weighted by atomic mass is 35.5. The number of hydrogen-bond acceptors (Lipinski definition) is 4. The second-order valence-corrected chi connectivity index (χ2v) is 4.40. The molecular weight excluding hydrogens is 230 g/mol. The van der Waals surface area contributed by atoms with Crippen molar-refractivity contribution in [3.63, 3.8) is 0 Å². The maximum atomic E-state index is 10.7. The number of anilines is 1. The normalized spacial score (nSPS) is 23.6. The van der Waals surface area contributed by atoms with Crippen molar-refractivity contribution in [1.82, 2.24) is 0 Å². The second kappa shape index (κ2) is 4.27. The Labute approximate surface area is 97.7 Å². The monoisotopic (exact) mass is 241 g/mol. The van der Waals surface area contributed by atoms with Crippen molar-refractivity contribution in [2.24, 2.45) is 5.73 Å². The summed E-state index contributed by atoms with van der Waals surface area (Å²) in [5, 5.41) is 14.0. The Hall–Kier alpha value is -1.33. The zero-order valence-corrected chi connectivity index (χ0v) is 9.28. The van der Waals surface area contributed by atoms with Gasteiger partial charge in [-0.3, -0.25) is 10.1 Å². The van der Waals surface area contributed by atoms with Gasteiger partial charge < -0.3 is 11.1 Å². The molecule has 0 spiro atoms. The number of nitro benzene ring substituents is 1. The number of nitrogens with one attached hydrogen (secondary N) is 1. The van der Waals surface area contributed by atoms with E-state index in [0.29, 0.717) is 11.7 Å². The van der Waals surface area contributed by atoms with E-state index in [1.54, 1.807) is 6.07 Å². The molecule has 5 nitrogen and oxygen atoms in total. The first kappa shape index (κ1) is 11.2. The fourth-order valence-corrected chi connectivity index (χ4v) is 1.94. The lowest BCUT2D eigenvalue weighted by molar-refractivity contribution is -0.384. The molecule has 0 radical (unpaired) electrons. The summed E-state index contributed by atoms with van der Waals surface area (Å²) < 4.78 is 0. The largest absolute Gasteiger partial charge is 0.382 e. The Bertz CT molecular complexity index is 419. The van der Waals surface area contributed by atoms with E-state index in [1.165, 1.54) is 12.1 Å². The van der Waals surface area contributed by atoms with Crippen molar-refractivity contribution in [2.75, 3.05) is 5.32 Å². The first-order valence-electron chi connectivity index (χ1n) is 5.02. The van der Waals surface area contributed by atoms with Crippen LogP contribution < -0.4 is 11.1 Å². The summed E-state index contributed by atoms with van der Waals surface area (Å²) >= 11 is 5.71. The van der Waals surface area contributed by atoms with Crippen molar-refractivity contribution < 1.29 is 4.92 Å². The van der Waals surface area contributed by atoms with Gasteiger partial charge in [-0.05, 0) is 25.0 Å². The molecule has 1 aliphatic carbocycles. The average Bonchev–Trinajstić information content (AvgIpc) is 2.18. The van der Waals surface area contributed by atoms with Gasteiger partial charge in [-0.25, -0.2) is 0 Å². The Morgan fingerprint density at radius 2 is 2.19 bits per heavy atom. The highest BCUT2D eigenvalue weighted by molar-refractivity contribution is 6.32. The molecule has 0 aromatic heterocycles. The molecule has 1 fully saturated rings. The molecule has 1 aromatic carbocycles. The van der Waals surface area contributed by atoms with E-state index in [2.05, 4.69) is 5.32 Å². The summed E-state index contributed by atoms with van der Waals surface area (Å²) in [7, 11) is 0. The molecule has 1 aromatic rings. The molecule has 0 unspecified atom stereocenters. The van der Waals surface area contributed by atoms with Gasteiger partial charge >= 0.3 is 0 Å². The van der Waals surface area contributed by atoms with Crippen molar-refractivity contribution >= 4 is 23.0 Å². The van der Waals surface area contributed by atoms with Crippen molar-refractivity contribution in [1.29, 1.82) is 0 Å². The average molecular weight is 242 g/mol. The zero-order valence-electron chi connectivity index (χ0n) is 8.52. The number of nitrogens with zero attached hydrogens (tertiary/aromatic N) is 1. The van der Waals surface area contributed by atoms with Crippen LogP contribution >= 0.6 is 11.6 Å². The first-order chi connectivity index (χ1) is 7.56. The standard InChI is InChI=1S/C10H12ClN3O2/c11-9-2-1-7(5-10(9)14(15)16)13-8-3-6(12)4-8/h1-2,5-6,8,13H,3-4,12H2. The highest BCUT2D eigenvalue weighted by Gasteiger charge is 2.26. The highest BCUT2D eigenvalue weighted by Crippen LogP contribution is 2.29. The van der Waals surface area contributed by atoms with Crippen LogP contribution in [0.15, 0.2) is 18.2 Å². The van der Waals surface area contributed by atoms with E-state index >= 15 is 0 Å². The van der Waals surface area contributed by atoms with Crippen molar-refractivity contribution in [2.45, 2.75) is 24.9 Å². The smallest absolute Gasteiger partial charge is 0.289 e. The lowest BCUT2D eigenvalue weighted by Gasteiger charge is -2.33. The molecule has 3 N–H and O–H groups in total. The Kier molecular flexibility index (Phi) is 2.98. The number of rotatable bonds is 3. The minimum atomic E-state index is -0.486. The van der Waals surface area contributed by atoms with E-state index < -0.39 is 4.92 Å². The molecule has 0 aliphatic heterocycles. The predicted octanol–water partition coefficient (Wildman–Crippen LogP) is 2.15. The fraction of sp³-hybridized carbons (Fsp3) is 0.400. The van der Waals surface area contributed by atoms with Gasteiger partial charge in [0.15, 0.2) is 0 Å². The van der Waals surface area contributed by atoms with Gasteiger partial charge in [-0.1, -0.05) is 11.6 Å². The van der Waals surface area contributed by atoms with Gasteiger partial charge in [0.05, 0.1) is 4.92 Å². The van der Waals surface area contributed by atoms with Gasteiger partial charge in [-0.2, -0.15) is 0 Å². The van der Waals surface area contributed by atoms with Crippen LogP contribution in [0.4, 0.5) is 11.4 Å². The fourth-order valence-electron chi connectivity index (χ4n) is 1.76. The van der Waals surface area contributed by atoms with Crippen LogP contribution in [0.3, 0.4) is 0 Å². The summed E-state index contributed by atoms with van der Waals surface area (Å²) in [6.45, 7) is 0. The number of halogens is 1. The third-order valence-corrected chi connectivity index (χ3v) is 3.01. The van der Waals surface area contributed by atoms with E-state index in [9.17, 15) is 10.1 Å². The lowest BCUT2D eigenvalue weighted by atomic mass is 9.87. The van der Waals surface area contributed by atoms with Crippen LogP contribution in [0.25, 0.3) is 0 Å². The van der Waals surface area contributed by atoms with E-state index in [1.807, 2.05) is 0 Å². The Balaban J connectivity index is 2.10. The molecule has 86 valence electrons. The maximum Gasteiger partial charge on any atom is 0.289 e. The third kappa shape index (κ3) is 2.25.